The third kappa shape index (κ3) is 2.85. The summed E-state index contributed by atoms with van der Waals surface area (Å²) in [6.45, 7) is 4.64. The van der Waals surface area contributed by atoms with E-state index in [0.29, 0.717) is 22.4 Å². The lowest BCUT2D eigenvalue weighted by Gasteiger charge is -2.34. The molecule has 0 bridgehead atoms. The third-order valence-corrected chi connectivity index (χ3v) is 5.67. The van der Waals surface area contributed by atoms with Crippen LogP contribution in [0.5, 0.6) is 5.75 Å². The molecule has 0 amide bonds. The van der Waals surface area contributed by atoms with Crippen LogP contribution in [0.15, 0.2) is 36.5 Å². The van der Waals surface area contributed by atoms with Gasteiger partial charge in [-0.1, -0.05) is 26.0 Å². The van der Waals surface area contributed by atoms with Crippen molar-refractivity contribution in [2.75, 3.05) is 0 Å². The Morgan fingerprint density at radius 2 is 1.77 bits per heavy atom. The maximum absolute atomic E-state index is 14.3. The number of hydrogen-bond acceptors (Lipinski definition) is 2. The van der Waals surface area contributed by atoms with Gasteiger partial charge in [-0.2, -0.15) is 5.10 Å². The number of phenols is 1. The Kier molecular flexibility index (Phi) is 3.98. The number of benzene rings is 2. The maximum atomic E-state index is 14.3. The van der Waals surface area contributed by atoms with Gasteiger partial charge in [-0.25, -0.2) is 13.5 Å². The second-order valence-electron chi connectivity index (χ2n) is 8.05. The molecule has 3 aromatic rings. The average molecular weight is 356 g/mol. The van der Waals surface area contributed by atoms with E-state index in [1.54, 1.807) is 0 Å². The second kappa shape index (κ2) is 6.08. The standard InChI is InChI=1S/C21H22F2N2O/c1-21(2)9-7-14(8-10-21)13-3-5-16(6-4-13)25-19-15(12-24-25)11-17(22)20(26)18(19)23/h3-6,11-12,14,26H,7-10H2,1-2H3. The zero-order chi connectivity index (χ0) is 18.5. The van der Waals surface area contributed by atoms with E-state index >= 15 is 0 Å². The van der Waals surface area contributed by atoms with Gasteiger partial charge in [0.15, 0.2) is 17.4 Å². The molecule has 3 nitrogen and oxygen atoms in total. The zero-order valence-corrected chi connectivity index (χ0v) is 15.0. The molecule has 0 radical (unpaired) electrons. The molecule has 0 unspecified atom stereocenters. The third-order valence-electron chi connectivity index (χ3n) is 5.67. The molecular weight excluding hydrogens is 334 g/mol. The van der Waals surface area contributed by atoms with Crippen LogP contribution in [0.3, 0.4) is 0 Å². The lowest BCUT2D eigenvalue weighted by atomic mass is 9.71. The summed E-state index contributed by atoms with van der Waals surface area (Å²) in [5, 5.41) is 14.0. The summed E-state index contributed by atoms with van der Waals surface area (Å²) in [6.07, 6.45) is 6.20. The Hall–Kier alpha value is -2.43. The molecule has 1 saturated carbocycles. The van der Waals surface area contributed by atoms with Gasteiger partial charge in [0.1, 0.15) is 5.52 Å². The molecule has 1 aromatic heterocycles. The first-order valence-electron chi connectivity index (χ1n) is 9.01. The van der Waals surface area contributed by atoms with Crippen LogP contribution >= 0.6 is 0 Å². The van der Waals surface area contributed by atoms with Gasteiger partial charge in [-0.05, 0) is 60.8 Å². The van der Waals surface area contributed by atoms with Crippen molar-refractivity contribution in [3.63, 3.8) is 0 Å². The highest BCUT2D eigenvalue weighted by Gasteiger charge is 2.27. The molecule has 1 heterocycles. The number of hydrogen-bond donors (Lipinski definition) is 1. The summed E-state index contributed by atoms with van der Waals surface area (Å²) < 4.78 is 29.2. The molecule has 5 heteroatoms. The number of aromatic nitrogens is 2. The normalized spacial score (nSPS) is 17.7. The minimum Gasteiger partial charge on any atom is -0.503 e. The molecule has 2 aromatic carbocycles. The highest BCUT2D eigenvalue weighted by atomic mass is 19.1. The van der Waals surface area contributed by atoms with Gasteiger partial charge in [0.2, 0.25) is 0 Å². The van der Waals surface area contributed by atoms with Crippen molar-refractivity contribution < 1.29 is 13.9 Å². The second-order valence-corrected chi connectivity index (χ2v) is 8.05. The molecule has 0 atom stereocenters. The fraction of sp³-hybridized carbons (Fsp3) is 0.381. The molecule has 1 aliphatic carbocycles. The van der Waals surface area contributed by atoms with Gasteiger partial charge in [0.05, 0.1) is 11.9 Å². The Morgan fingerprint density at radius 3 is 2.42 bits per heavy atom. The van der Waals surface area contributed by atoms with Crippen molar-refractivity contribution in [2.45, 2.75) is 45.4 Å². The highest BCUT2D eigenvalue weighted by Crippen LogP contribution is 2.42. The molecule has 0 aliphatic heterocycles. The smallest absolute Gasteiger partial charge is 0.194 e. The molecule has 1 aliphatic rings. The molecule has 1 N–H and O–H groups in total. The van der Waals surface area contributed by atoms with Gasteiger partial charge < -0.3 is 5.11 Å². The summed E-state index contributed by atoms with van der Waals surface area (Å²) >= 11 is 0. The van der Waals surface area contributed by atoms with Gasteiger partial charge in [0.25, 0.3) is 0 Å². The van der Waals surface area contributed by atoms with Crippen LogP contribution in [0.25, 0.3) is 16.6 Å². The van der Waals surface area contributed by atoms with Crippen molar-refractivity contribution >= 4 is 10.9 Å². The minimum absolute atomic E-state index is 0.0797. The summed E-state index contributed by atoms with van der Waals surface area (Å²) in [5.74, 6) is -2.39. The predicted molar refractivity (Wildman–Crippen MR) is 97.6 cm³/mol. The largest absolute Gasteiger partial charge is 0.503 e. The minimum atomic E-state index is -0.990. The first kappa shape index (κ1) is 17.0. The van der Waals surface area contributed by atoms with Crippen LogP contribution in [0.2, 0.25) is 0 Å². The Bertz CT molecular complexity index is 950. The number of fused-ring (bicyclic) bond motifs is 1. The number of rotatable bonds is 2. The van der Waals surface area contributed by atoms with Crippen LogP contribution in [-0.2, 0) is 0 Å². The fourth-order valence-corrected chi connectivity index (χ4v) is 3.92. The van der Waals surface area contributed by atoms with Gasteiger partial charge in [-0.15, -0.1) is 0 Å². The molecule has 0 saturated heterocycles. The predicted octanol–water partition coefficient (Wildman–Crippen LogP) is 5.69. The number of phenolic OH excluding ortho intramolecular Hbond substituents is 1. The van der Waals surface area contributed by atoms with E-state index in [4.69, 9.17) is 0 Å². The van der Waals surface area contributed by atoms with Gasteiger partial charge in [-0.3, -0.25) is 0 Å². The lowest BCUT2D eigenvalue weighted by Crippen LogP contribution is -2.20. The number of aromatic hydroxyl groups is 1. The Labute approximate surface area is 151 Å². The number of halogens is 2. The van der Waals surface area contributed by atoms with E-state index in [0.717, 1.165) is 6.07 Å². The molecular formula is C21H22F2N2O. The van der Waals surface area contributed by atoms with E-state index in [-0.39, 0.29) is 5.52 Å². The van der Waals surface area contributed by atoms with Crippen LogP contribution in [0.1, 0.15) is 51.0 Å². The van der Waals surface area contributed by atoms with Gasteiger partial charge in [0, 0.05) is 5.39 Å². The van der Waals surface area contributed by atoms with E-state index in [1.807, 2.05) is 12.1 Å². The maximum Gasteiger partial charge on any atom is 0.194 e. The molecule has 26 heavy (non-hydrogen) atoms. The first-order chi connectivity index (χ1) is 12.4. The van der Waals surface area contributed by atoms with Gasteiger partial charge >= 0.3 is 0 Å². The van der Waals surface area contributed by atoms with Crippen molar-refractivity contribution in [3.05, 3.63) is 53.7 Å². The molecule has 1 fully saturated rings. The molecule has 4 rings (SSSR count). The van der Waals surface area contributed by atoms with E-state index in [9.17, 15) is 13.9 Å². The van der Waals surface area contributed by atoms with Crippen molar-refractivity contribution in [2.24, 2.45) is 5.41 Å². The summed E-state index contributed by atoms with van der Waals surface area (Å²) in [5.41, 5.74) is 2.48. The van der Waals surface area contributed by atoms with E-state index in [1.165, 1.54) is 42.1 Å². The Balaban J connectivity index is 1.66. The monoisotopic (exact) mass is 356 g/mol. The number of nitrogens with zero attached hydrogens (tertiary/aromatic N) is 2. The summed E-state index contributed by atoms with van der Waals surface area (Å²) in [7, 11) is 0. The fourth-order valence-electron chi connectivity index (χ4n) is 3.92. The van der Waals surface area contributed by atoms with Crippen LogP contribution in [-0.4, -0.2) is 14.9 Å². The quantitative estimate of drug-likeness (QED) is 0.640. The van der Waals surface area contributed by atoms with Crippen LogP contribution in [0.4, 0.5) is 8.78 Å². The first-order valence-corrected chi connectivity index (χ1v) is 9.01. The van der Waals surface area contributed by atoms with Crippen molar-refractivity contribution in [1.82, 2.24) is 9.78 Å². The highest BCUT2D eigenvalue weighted by molar-refractivity contribution is 5.82. The zero-order valence-electron chi connectivity index (χ0n) is 15.0. The van der Waals surface area contributed by atoms with E-state index in [2.05, 4.69) is 31.1 Å². The Morgan fingerprint density at radius 1 is 1.12 bits per heavy atom. The molecule has 0 spiro atoms. The van der Waals surface area contributed by atoms with Crippen LogP contribution in [0, 0.1) is 17.0 Å². The average Bonchev–Trinajstić information content (AvgIpc) is 3.04. The lowest BCUT2D eigenvalue weighted by molar-refractivity contribution is 0.224. The summed E-state index contributed by atoms with van der Waals surface area (Å²) in [4.78, 5) is 0. The summed E-state index contributed by atoms with van der Waals surface area (Å²) in [6, 6.07) is 9.03. The van der Waals surface area contributed by atoms with Crippen molar-refractivity contribution in [3.8, 4) is 11.4 Å². The molecule has 136 valence electrons. The topological polar surface area (TPSA) is 38.0 Å². The SMILES string of the molecule is CC1(C)CCC(c2ccc(-n3ncc4cc(F)c(O)c(F)c43)cc2)CC1. The van der Waals surface area contributed by atoms with Crippen molar-refractivity contribution in [1.29, 1.82) is 0 Å². The van der Waals surface area contributed by atoms with Crippen LogP contribution < -0.4 is 0 Å². The van der Waals surface area contributed by atoms with E-state index < -0.39 is 17.4 Å².